The molecule has 0 bridgehead atoms. The Morgan fingerprint density at radius 3 is 2.36 bits per heavy atom. The molecule has 0 radical (unpaired) electrons. The molecule has 1 amide bonds. The largest absolute Gasteiger partial charge is 0.385 e. The summed E-state index contributed by atoms with van der Waals surface area (Å²) in [5.41, 5.74) is 7.53. The third-order valence-corrected chi connectivity index (χ3v) is 7.87. The predicted octanol–water partition coefficient (Wildman–Crippen LogP) is 8.18. The zero-order chi connectivity index (χ0) is 32.0. The minimum absolute atomic E-state index is 0.0629. The normalized spacial score (nSPS) is 14.4. The van der Waals surface area contributed by atoms with E-state index in [9.17, 15) is 4.79 Å². The Morgan fingerprint density at radius 1 is 1.07 bits per heavy atom. The maximum absolute atomic E-state index is 11.8. The van der Waals surface area contributed by atoms with Crippen LogP contribution in [-0.4, -0.2) is 50.8 Å². The van der Waals surface area contributed by atoms with Crippen LogP contribution in [0.4, 0.5) is 17.1 Å². The van der Waals surface area contributed by atoms with Crippen LogP contribution in [0.2, 0.25) is 0 Å². The number of carbonyl (C=O) groups excluding carboxylic acids is 1. The maximum Gasteiger partial charge on any atom is 0.239 e. The summed E-state index contributed by atoms with van der Waals surface area (Å²) in [5.74, 6) is 1.32. The lowest BCUT2D eigenvalue weighted by Crippen LogP contribution is -2.47. The lowest BCUT2D eigenvalue weighted by molar-refractivity contribution is -0.120. The van der Waals surface area contributed by atoms with Crippen LogP contribution in [0.15, 0.2) is 125 Å². The van der Waals surface area contributed by atoms with Gasteiger partial charge in [-0.3, -0.25) is 9.79 Å². The number of amidine groups is 1. The molecule has 0 saturated carbocycles. The first-order chi connectivity index (χ1) is 21.9. The number of allylic oxidation sites excluding steroid dienone is 6. The molecule has 3 aromatic carbocycles. The molecular weight excluding hydrogens is 601 g/mol. The van der Waals surface area contributed by atoms with Crippen molar-refractivity contribution in [3.8, 4) is 11.1 Å². The number of amides is 1. The van der Waals surface area contributed by atoms with Crippen molar-refractivity contribution in [3.63, 3.8) is 0 Å². The minimum Gasteiger partial charge on any atom is -0.385 e. The highest BCUT2D eigenvalue weighted by Crippen LogP contribution is 2.26. The van der Waals surface area contributed by atoms with Crippen molar-refractivity contribution in [2.24, 2.45) is 4.99 Å². The number of nitrogens with zero attached hydrogens (tertiary/aromatic N) is 3. The standard InChI is InChI=1S/C37H41Cl2N5O/c1-4-6-28(25-32(39)19-21-38)20-23-44(35-17-13-33(14-18-35)41-5-2)36(40-3)26-29-7-9-30(10-8-29)31-11-15-34(16-12-31)43-24-22-42-37(45)27-43/h4,6-20,23,41H,1,5,21-22,24-27H2,2-3H3,(H,42,45)/b23-20+,28-6-,32-19+,40-36?. The van der Waals surface area contributed by atoms with Crippen molar-refractivity contribution >= 4 is 52.0 Å². The van der Waals surface area contributed by atoms with Crippen molar-refractivity contribution in [3.05, 3.63) is 126 Å². The number of benzene rings is 3. The zero-order valence-corrected chi connectivity index (χ0v) is 27.5. The molecule has 1 aliphatic heterocycles. The molecular formula is C37H41Cl2N5O. The summed E-state index contributed by atoms with van der Waals surface area (Å²) in [6, 6.07) is 25.3. The van der Waals surface area contributed by atoms with Crippen LogP contribution in [0.25, 0.3) is 11.1 Å². The van der Waals surface area contributed by atoms with E-state index < -0.39 is 0 Å². The maximum atomic E-state index is 11.8. The minimum atomic E-state index is 0.0629. The van der Waals surface area contributed by atoms with Gasteiger partial charge in [-0.25, -0.2) is 0 Å². The molecule has 0 aromatic heterocycles. The van der Waals surface area contributed by atoms with E-state index >= 15 is 0 Å². The fourth-order valence-electron chi connectivity index (χ4n) is 5.10. The number of nitrogens with one attached hydrogen (secondary N) is 2. The molecule has 0 spiro atoms. The van der Waals surface area contributed by atoms with E-state index in [-0.39, 0.29) is 5.91 Å². The highest BCUT2D eigenvalue weighted by molar-refractivity contribution is 6.30. The summed E-state index contributed by atoms with van der Waals surface area (Å²) < 4.78 is 0. The number of rotatable bonds is 13. The second kappa shape index (κ2) is 17.3. The third-order valence-electron chi connectivity index (χ3n) is 7.42. The van der Waals surface area contributed by atoms with Crippen LogP contribution in [-0.2, 0) is 11.2 Å². The smallest absolute Gasteiger partial charge is 0.239 e. The monoisotopic (exact) mass is 641 g/mol. The summed E-state index contributed by atoms with van der Waals surface area (Å²) in [4.78, 5) is 20.7. The molecule has 6 nitrogen and oxygen atoms in total. The number of halogens is 2. The second-order valence-electron chi connectivity index (χ2n) is 10.6. The van der Waals surface area contributed by atoms with Gasteiger partial charge in [-0.15, -0.1) is 11.6 Å². The SMILES string of the molecule is C=C/C=C(/C=C/N(C(Cc1ccc(-c2ccc(N3CCNC(=O)C3)cc2)cc1)=NC)c1ccc(NCC)cc1)C/C(Cl)=C\CCl. The van der Waals surface area contributed by atoms with E-state index in [1.165, 1.54) is 0 Å². The molecule has 8 heteroatoms. The molecule has 1 heterocycles. The molecule has 45 heavy (non-hydrogen) atoms. The Balaban J connectivity index is 1.55. The molecule has 2 N–H and O–H groups in total. The predicted molar refractivity (Wildman–Crippen MR) is 194 cm³/mol. The van der Waals surface area contributed by atoms with E-state index in [0.29, 0.717) is 36.8 Å². The highest BCUT2D eigenvalue weighted by Gasteiger charge is 2.17. The van der Waals surface area contributed by atoms with Crippen LogP contribution in [0.5, 0.6) is 0 Å². The number of piperazine rings is 1. The van der Waals surface area contributed by atoms with E-state index in [2.05, 4.69) is 107 Å². The first-order valence-corrected chi connectivity index (χ1v) is 16.1. The van der Waals surface area contributed by atoms with Crippen LogP contribution >= 0.6 is 23.2 Å². The van der Waals surface area contributed by atoms with E-state index in [1.807, 2.05) is 25.4 Å². The molecule has 1 saturated heterocycles. The summed E-state index contributed by atoms with van der Waals surface area (Å²) in [5, 5.41) is 6.92. The molecule has 1 aliphatic rings. The Morgan fingerprint density at radius 2 is 1.76 bits per heavy atom. The van der Waals surface area contributed by atoms with Crippen molar-refractivity contribution in [1.82, 2.24) is 5.32 Å². The van der Waals surface area contributed by atoms with Crippen LogP contribution in [0, 0.1) is 0 Å². The fraction of sp³-hybridized carbons (Fsp3) is 0.243. The summed E-state index contributed by atoms with van der Waals surface area (Å²) in [6.07, 6.45) is 10.8. The van der Waals surface area contributed by atoms with E-state index in [4.69, 9.17) is 28.2 Å². The van der Waals surface area contributed by atoms with Crippen LogP contribution < -0.4 is 20.4 Å². The van der Waals surface area contributed by atoms with Gasteiger partial charge in [0.25, 0.3) is 0 Å². The van der Waals surface area contributed by atoms with Crippen LogP contribution in [0.1, 0.15) is 18.9 Å². The second-order valence-corrected chi connectivity index (χ2v) is 11.3. The van der Waals surface area contributed by atoms with Crippen molar-refractivity contribution < 1.29 is 4.79 Å². The number of carbonyl (C=O) groups is 1. The molecule has 3 aromatic rings. The van der Waals surface area contributed by atoms with Gasteiger partial charge in [0.15, 0.2) is 0 Å². The lowest BCUT2D eigenvalue weighted by atomic mass is 10.0. The Hall–Kier alpha value is -4.26. The topological polar surface area (TPSA) is 60.0 Å². The molecule has 234 valence electrons. The fourth-order valence-corrected chi connectivity index (χ4v) is 5.60. The summed E-state index contributed by atoms with van der Waals surface area (Å²) in [7, 11) is 1.83. The number of hydrogen-bond donors (Lipinski definition) is 2. The van der Waals surface area contributed by atoms with Gasteiger partial charge in [-0.2, -0.15) is 0 Å². The van der Waals surface area contributed by atoms with Crippen LogP contribution in [0.3, 0.4) is 0 Å². The molecule has 0 aliphatic carbocycles. The zero-order valence-electron chi connectivity index (χ0n) is 26.0. The number of aliphatic imine (C=N–C) groups is 1. The Kier molecular flexibility index (Phi) is 12.9. The van der Waals surface area contributed by atoms with Gasteiger partial charge in [0.05, 0.1) is 6.54 Å². The number of alkyl halides is 1. The first kappa shape index (κ1) is 33.6. The molecule has 1 fully saturated rings. The summed E-state index contributed by atoms with van der Waals surface area (Å²) in [6.45, 7) is 8.69. The van der Waals surface area contributed by atoms with Gasteiger partial charge in [-0.05, 0) is 71.7 Å². The third kappa shape index (κ3) is 9.87. The van der Waals surface area contributed by atoms with E-state index in [1.54, 1.807) is 12.2 Å². The van der Waals surface area contributed by atoms with Gasteiger partial charge >= 0.3 is 0 Å². The lowest BCUT2D eigenvalue weighted by Gasteiger charge is -2.28. The average Bonchev–Trinajstić information content (AvgIpc) is 3.05. The van der Waals surface area contributed by atoms with Crippen molar-refractivity contribution in [2.75, 3.05) is 54.2 Å². The van der Waals surface area contributed by atoms with Crippen molar-refractivity contribution in [2.45, 2.75) is 19.8 Å². The van der Waals surface area contributed by atoms with Crippen molar-refractivity contribution in [1.29, 1.82) is 0 Å². The van der Waals surface area contributed by atoms with Gasteiger partial charge in [0.1, 0.15) is 5.84 Å². The van der Waals surface area contributed by atoms with Gasteiger partial charge in [0.2, 0.25) is 5.91 Å². The molecule has 0 unspecified atom stereocenters. The average molecular weight is 643 g/mol. The Bertz CT molecular complexity index is 1540. The quantitative estimate of drug-likeness (QED) is 0.0855. The highest BCUT2D eigenvalue weighted by atomic mass is 35.5. The number of hydrogen-bond acceptors (Lipinski definition) is 4. The number of anilines is 3. The van der Waals surface area contributed by atoms with Gasteiger partial charge in [0, 0.05) is 73.7 Å². The van der Waals surface area contributed by atoms with Gasteiger partial charge in [-0.1, -0.05) is 72.8 Å². The Labute approximate surface area is 277 Å². The molecule has 4 rings (SSSR count). The van der Waals surface area contributed by atoms with E-state index in [0.717, 1.165) is 58.3 Å². The first-order valence-electron chi connectivity index (χ1n) is 15.1. The van der Waals surface area contributed by atoms with Gasteiger partial charge < -0.3 is 20.4 Å². The molecule has 0 atom stereocenters. The summed E-state index contributed by atoms with van der Waals surface area (Å²) >= 11 is 12.3.